The molecule has 6 nitrogen and oxygen atoms in total. The van der Waals surface area contributed by atoms with E-state index >= 15 is 0 Å². The topological polar surface area (TPSA) is 84.2 Å². The molecule has 1 fully saturated rings. The molecule has 1 saturated heterocycles. The minimum absolute atomic E-state index is 0.0644. The molecule has 1 aliphatic heterocycles. The third-order valence-corrected chi connectivity index (χ3v) is 5.46. The predicted molar refractivity (Wildman–Crippen MR) is 67.8 cm³/mol. The molecule has 2 rings (SSSR count). The van der Waals surface area contributed by atoms with Gasteiger partial charge in [-0.2, -0.15) is 5.10 Å². The van der Waals surface area contributed by atoms with Gasteiger partial charge in [-0.1, -0.05) is 0 Å². The summed E-state index contributed by atoms with van der Waals surface area (Å²) >= 11 is 0. The summed E-state index contributed by atoms with van der Waals surface area (Å²) in [6.45, 7) is 1.66. The molecule has 7 heteroatoms. The van der Waals surface area contributed by atoms with Crippen molar-refractivity contribution in [3.63, 3.8) is 0 Å². The highest BCUT2D eigenvalue weighted by Crippen LogP contribution is 2.19. The van der Waals surface area contributed by atoms with E-state index in [9.17, 15) is 8.42 Å². The molecule has 0 aliphatic carbocycles. The second-order valence-corrected chi connectivity index (χ2v) is 7.00. The number of nitrogens with zero attached hydrogens (tertiary/aromatic N) is 2. The molecule has 2 N–H and O–H groups in total. The lowest BCUT2D eigenvalue weighted by Gasteiger charge is -2.09. The van der Waals surface area contributed by atoms with Crippen LogP contribution >= 0.6 is 0 Å². The van der Waals surface area contributed by atoms with Gasteiger partial charge in [0.15, 0.2) is 9.84 Å². The molecule has 1 atom stereocenters. The van der Waals surface area contributed by atoms with Crippen LogP contribution in [0.25, 0.3) is 0 Å². The molecule has 0 spiro atoms. The normalized spacial score (nSPS) is 22.4. The van der Waals surface area contributed by atoms with Crippen LogP contribution < -0.4 is 5.32 Å². The van der Waals surface area contributed by atoms with Gasteiger partial charge in [0.2, 0.25) is 0 Å². The Balaban J connectivity index is 1.78. The molecule has 2 heterocycles. The minimum Gasteiger partial charge on any atom is -0.394 e. The van der Waals surface area contributed by atoms with Gasteiger partial charge in [0.1, 0.15) is 0 Å². The van der Waals surface area contributed by atoms with Gasteiger partial charge in [0, 0.05) is 24.8 Å². The zero-order valence-electron chi connectivity index (χ0n) is 10.2. The summed E-state index contributed by atoms with van der Waals surface area (Å²) in [6.07, 6.45) is 5.13. The molecule has 0 radical (unpaired) electrons. The number of hydrogen-bond donors (Lipinski definition) is 2. The van der Waals surface area contributed by atoms with Crippen molar-refractivity contribution in [1.82, 2.24) is 15.1 Å². The predicted octanol–water partition coefficient (Wildman–Crippen LogP) is -0.458. The zero-order chi connectivity index (χ0) is 13.0. The van der Waals surface area contributed by atoms with Crippen LogP contribution in [0, 0.1) is 0 Å². The second-order valence-electron chi connectivity index (χ2n) is 4.60. The van der Waals surface area contributed by atoms with E-state index in [1.165, 1.54) is 0 Å². The van der Waals surface area contributed by atoms with Crippen LogP contribution in [0.2, 0.25) is 0 Å². The Labute approximate surface area is 107 Å². The van der Waals surface area contributed by atoms with Crippen LogP contribution in [0.1, 0.15) is 18.4 Å². The lowest BCUT2D eigenvalue weighted by atomic mass is 10.2. The van der Waals surface area contributed by atoms with E-state index in [0.717, 1.165) is 18.4 Å². The molecule has 1 aromatic heterocycles. The Bertz CT molecular complexity index is 483. The summed E-state index contributed by atoms with van der Waals surface area (Å²) in [5, 5.41) is 15.8. The van der Waals surface area contributed by atoms with E-state index in [1.807, 2.05) is 6.20 Å². The zero-order valence-corrected chi connectivity index (χ0v) is 11.1. The molecule has 0 aromatic carbocycles. The lowest BCUT2D eigenvalue weighted by Crippen LogP contribution is -2.30. The first-order chi connectivity index (χ1) is 8.62. The number of rotatable bonds is 6. The molecular weight excluding hydrogens is 254 g/mol. The van der Waals surface area contributed by atoms with Crippen molar-refractivity contribution in [2.45, 2.75) is 31.2 Å². The first-order valence-corrected chi connectivity index (χ1v) is 7.88. The number of aliphatic hydroxyl groups is 1. The Hall–Kier alpha value is -0.920. The van der Waals surface area contributed by atoms with Crippen LogP contribution in [0.3, 0.4) is 0 Å². The van der Waals surface area contributed by atoms with E-state index < -0.39 is 9.84 Å². The van der Waals surface area contributed by atoms with Gasteiger partial charge in [-0.25, -0.2) is 8.42 Å². The van der Waals surface area contributed by atoms with Crippen molar-refractivity contribution < 1.29 is 13.5 Å². The number of aromatic nitrogens is 2. The van der Waals surface area contributed by atoms with Gasteiger partial charge in [-0.05, 0) is 12.8 Å². The molecule has 102 valence electrons. The summed E-state index contributed by atoms with van der Waals surface area (Å²) in [5.74, 6) is 0.327. The highest BCUT2D eigenvalue weighted by atomic mass is 32.2. The van der Waals surface area contributed by atoms with Crippen molar-refractivity contribution in [3.8, 4) is 0 Å². The smallest absolute Gasteiger partial charge is 0.154 e. The first kappa shape index (κ1) is 13.5. The van der Waals surface area contributed by atoms with Crippen molar-refractivity contribution in [1.29, 1.82) is 0 Å². The third kappa shape index (κ3) is 3.30. The molecule has 0 bridgehead atoms. The van der Waals surface area contributed by atoms with E-state index in [-0.39, 0.29) is 11.9 Å². The summed E-state index contributed by atoms with van der Waals surface area (Å²) in [5.41, 5.74) is 0.999. The Morgan fingerprint density at radius 3 is 3.06 bits per heavy atom. The van der Waals surface area contributed by atoms with Crippen LogP contribution in [0.5, 0.6) is 0 Å². The maximum Gasteiger partial charge on any atom is 0.154 e. The minimum atomic E-state index is -2.86. The van der Waals surface area contributed by atoms with Crippen LogP contribution in [-0.4, -0.2) is 47.5 Å². The van der Waals surface area contributed by atoms with Gasteiger partial charge >= 0.3 is 0 Å². The number of hydrogen-bond acceptors (Lipinski definition) is 5. The Kier molecular flexibility index (Phi) is 4.36. The standard InChI is InChI=1S/C11H19N3O3S/c15-4-3-14-9-10(7-13-14)6-12-8-11-2-1-5-18(11,16)17/h7,9,11-12,15H,1-6,8H2. The Morgan fingerprint density at radius 2 is 2.39 bits per heavy atom. The first-order valence-electron chi connectivity index (χ1n) is 6.16. The third-order valence-electron chi connectivity index (χ3n) is 3.18. The molecule has 18 heavy (non-hydrogen) atoms. The fraction of sp³-hybridized carbons (Fsp3) is 0.727. The highest BCUT2D eigenvalue weighted by molar-refractivity contribution is 7.92. The molecular formula is C11H19N3O3S. The average Bonchev–Trinajstić information content (AvgIpc) is 2.87. The fourth-order valence-electron chi connectivity index (χ4n) is 2.19. The lowest BCUT2D eigenvalue weighted by molar-refractivity contribution is 0.269. The number of aliphatic hydroxyl groups excluding tert-OH is 1. The van der Waals surface area contributed by atoms with E-state index in [1.54, 1.807) is 10.9 Å². The average molecular weight is 273 g/mol. The van der Waals surface area contributed by atoms with E-state index in [0.29, 0.717) is 25.4 Å². The fourth-order valence-corrected chi connectivity index (χ4v) is 3.99. The summed E-state index contributed by atoms with van der Waals surface area (Å²) in [4.78, 5) is 0. The van der Waals surface area contributed by atoms with Gasteiger partial charge < -0.3 is 10.4 Å². The van der Waals surface area contributed by atoms with Gasteiger partial charge in [-0.15, -0.1) is 0 Å². The van der Waals surface area contributed by atoms with Crippen LogP contribution in [0.4, 0.5) is 0 Å². The van der Waals surface area contributed by atoms with Crippen LogP contribution in [-0.2, 0) is 22.9 Å². The summed E-state index contributed by atoms with van der Waals surface area (Å²) < 4.78 is 24.9. The van der Waals surface area contributed by atoms with E-state index in [4.69, 9.17) is 5.11 Å². The summed E-state index contributed by atoms with van der Waals surface area (Å²) in [7, 11) is -2.86. The molecule has 0 saturated carbocycles. The molecule has 1 aliphatic rings. The van der Waals surface area contributed by atoms with Gasteiger partial charge in [0.05, 0.1) is 30.4 Å². The van der Waals surface area contributed by atoms with Gasteiger partial charge in [0.25, 0.3) is 0 Å². The SMILES string of the molecule is O=S1(=O)CCCC1CNCc1cnn(CCO)c1. The van der Waals surface area contributed by atoms with Gasteiger partial charge in [-0.3, -0.25) is 4.68 Å². The number of sulfone groups is 1. The monoisotopic (exact) mass is 273 g/mol. The summed E-state index contributed by atoms with van der Waals surface area (Å²) in [6, 6.07) is 0. The maximum absolute atomic E-state index is 11.6. The molecule has 1 aromatic rings. The van der Waals surface area contributed by atoms with Crippen molar-refractivity contribution in [3.05, 3.63) is 18.0 Å². The van der Waals surface area contributed by atoms with E-state index in [2.05, 4.69) is 10.4 Å². The molecule has 0 amide bonds. The van der Waals surface area contributed by atoms with Crippen molar-refractivity contribution >= 4 is 9.84 Å². The van der Waals surface area contributed by atoms with Crippen molar-refractivity contribution in [2.24, 2.45) is 0 Å². The highest BCUT2D eigenvalue weighted by Gasteiger charge is 2.30. The second kappa shape index (κ2) is 5.81. The number of nitrogens with one attached hydrogen (secondary N) is 1. The maximum atomic E-state index is 11.6. The van der Waals surface area contributed by atoms with Crippen molar-refractivity contribution in [2.75, 3.05) is 18.9 Å². The Morgan fingerprint density at radius 1 is 1.56 bits per heavy atom. The molecule has 1 unspecified atom stereocenters. The van der Waals surface area contributed by atoms with Crippen LogP contribution in [0.15, 0.2) is 12.4 Å². The largest absolute Gasteiger partial charge is 0.394 e. The quantitative estimate of drug-likeness (QED) is 0.733.